The van der Waals surface area contributed by atoms with Crippen LogP contribution in [-0.2, 0) is 0 Å². The molecule has 1 N–H and O–H groups in total. The van der Waals surface area contributed by atoms with Crippen molar-refractivity contribution in [2.75, 3.05) is 29.9 Å². The maximum absolute atomic E-state index is 13.4. The number of halogens is 2. The predicted molar refractivity (Wildman–Crippen MR) is 138 cm³/mol. The molecule has 3 aromatic carbocycles. The molecule has 180 valence electrons. The van der Waals surface area contributed by atoms with E-state index in [2.05, 4.69) is 26.5 Å². The Labute approximate surface area is 212 Å². The largest absolute Gasteiger partial charge is 0.348 e. The Morgan fingerprint density at radius 3 is 2.53 bits per heavy atom. The van der Waals surface area contributed by atoms with Gasteiger partial charge < -0.3 is 15.1 Å². The molecule has 1 saturated heterocycles. The zero-order valence-corrected chi connectivity index (χ0v) is 20.2. The summed E-state index contributed by atoms with van der Waals surface area (Å²) < 4.78 is 13.4. The number of nitriles is 1. The quantitative estimate of drug-likeness (QED) is 0.390. The summed E-state index contributed by atoms with van der Waals surface area (Å²) in [5.74, 6) is 0.233. The number of fused-ring (bicyclic) bond motifs is 1. The monoisotopic (exact) mass is 500 g/mol. The maximum Gasteiger partial charge on any atom is 0.321 e. The standard InChI is InChI=1S/C27H22ClFN6O/c1-17-16-34(27(36)31-20-10-11-24(29)23(28)14-20)12-13-35(17)26-22-5-3-2-4-21(22)25(32-33-26)19-8-6-18(15-30)7-9-19/h2-11,14,17H,12-13,16H2,1H3,(H,31,36)/t17-/m0/s1. The average Bonchev–Trinajstić information content (AvgIpc) is 2.90. The Bertz CT molecular complexity index is 1490. The highest BCUT2D eigenvalue weighted by Gasteiger charge is 2.29. The zero-order chi connectivity index (χ0) is 25.2. The summed E-state index contributed by atoms with van der Waals surface area (Å²) >= 11 is 5.83. The Balaban J connectivity index is 1.37. The van der Waals surface area contributed by atoms with E-state index in [1.54, 1.807) is 17.0 Å². The Morgan fingerprint density at radius 2 is 1.83 bits per heavy atom. The molecule has 2 heterocycles. The van der Waals surface area contributed by atoms with Crippen LogP contribution < -0.4 is 10.2 Å². The van der Waals surface area contributed by atoms with E-state index in [9.17, 15) is 9.18 Å². The van der Waals surface area contributed by atoms with E-state index in [0.29, 0.717) is 30.9 Å². The molecule has 1 fully saturated rings. The number of urea groups is 1. The number of hydrogen-bond acceptors (Lipinski definition) is 5. The van der Waals surface area contributed by atoms with E-state index in [1.165, 1.54) is 18.2 Å². The third-order valence-electron chi connectivity index (χ3n) is 6.31. The summed E-state index contributed by atoms with van der Waals surface area (Å²) in [6, 6.07) is 21.2. The highest BCUT2D eigenvalue weighted by molar-refractivity contribution is 6.31. The first kappa shape index (κ1) is 23.5. The van der Waals surface area contributed by atoms with Crippen molar-refractivity contribution in [3.05, 3.63) is 83.1 Å². The van der Waals surface area contributed by atoms with Gasteiger partial charge in [-0.25, -0.2) is 9.18 Å². The van der Waals surface area contributed by atoms with E-state index in [0.717, 1.165) is 27.8 Å². The minimum absolute atomic E-state index is 0.0141. The molecule has 5 rings (SSSR count). The van der Waals surface area contributed by atoms with Crippen LogP contribution in [0.15, 0.2) is 66.7 Å². The van der Waals surface area contributed by atoms with E-state index < -0.39 is 5.82 Å². The van der Waals surface area contributed by atoms with Gasteiger partial charge in [0, 0.05) is 47.7 Å². The molecule has 1 atom stereocenters. The number of rotatable bonds is 3. The summed E-state index contributed by atoms with van der Waals surface area (Å²) in [7, 11) is 0. The molecule has 0 radical (unpaired) electrons. The molecule has 2 amide bonds. The SMILES string of the molecule is C[C@H]1CN(C(=O)Nc2ccc(F)c(Cl)c2)CCN1c1nnc(-c2ccc(C#N)cc2)c2ccccc12. The third-order valence-corrected chi connectivity index (χ3v) is 6.60. The number of piperazine rings is 1. The number of amides is 2. The lowest BCUT2D eigenvalue weighted by molar-refractivity contribution is 0.200. The highest BCUT2D eigenvalue weighted by Crippen LogP contribution is 2.33. The molecule has 9 heteroatoms. The van der Waals surface area contributed by atoms with Gasteiger partial charge in [-0.15, -0.1) is 10.2 Å². The fourth-order valence-electron chi connectivity index (χ4n) is 4.45. The van der Waals surface area contributed by atoms with Crippen molar-refractivity contribution >= 4 is 39.9 Å². The lowest BCUT2D eigenvalue weighted by Crippen LogP contribution is -2.55. The van der Waals surface area contributed by atoms with Gasteiger partial charge in [0.05, 0.1) is 16.7 Å². The number of anilines is 2. The molecule has 36 heavy (non-hydrogen) atoms. The van der Waals surface area contributed by atoms with Crippen LogP contribution in [0.5, 0.6) is 0 Å². The minimum atomic E-state index is -0.532. The fraction of sp³-hybridized carbons (Fsp3) is 0.185. The summed E-state index contributed by atoms with van der Waals surface area (Å²) in [4.78, 5) is 16.7. The summed E-state index contributed by atoms with van der Waals surface area (Å²) in [6.07, 6.45) is 0. The highest BCUT2D eigenvalue weighted by atomic mass is 35.5. The Kier molecular flexibility index (Phi) is 6.40. The number of carbonyl (C=O) groups is 1. The molecule has 1 aromatic heterocycles. The molecule has 0 unspecified atom stereocenters. The zero-order valence-electron chi connectivity index (χ0n) is 19.4. The summed E-state index contributed by atoms with van der Waals surface area (Å²) in [5.41, 5.74) is 2.67. The van der Waals surface area contributed by atoms with Crippen LogP contribution >= 0.6 is 11.6 Å². The Hall–Kier alpha value is -4.22. The van der Waals surface area contributed by atoms with Gasteiger partial charge in [0.25, 0.3) is 0 Å². The van der Waals surface area contributed by atoms with Crippen molar-refractivity contribution in [2.24, 2.45) is 0 Å². The van der Waals surface area contributed by atoms with Gasteiger partial charge in [0.2, 0.25) is 0 Å². The van der Waals surface area contributed by atoms with Crippen LogP contribution in [0.3, 0.4) is 0 Å². The van der Waals surface area contributed by atoms with Gasteiger partial charge in [-0.05, 0) is 37.3 Å². The predicted octanol–water partition coefficient (Wildman–Crippen LogP) is 5.70. The average molecular weight is 501 g/mol. The van der Waals surface area contributed by atoms with Crippen LogP contribution in [0.4, 0.5) is 20.7 Å². The second-order valence-corrected chi connectivity index (χ2v) is 9.06. The van der Waals surface area contributed by atoms with E-state index in [4.69, 9.17) is 16.9 Å². The van der Waals surface area contributed by atoms with Crippen molar-refractivity contribution in [3.8, 4) is 17.3 Å². The van der Waals surface area contributed by atoms with E-state index in [1.807, 2.05) is 43.3 Å². The van der Waals surface area contributed by atoms with E-state index >= 15 is 0 Å². The van der Waals surface area contributed by atoms with Gasteiger partial charge >= 0.3 is 6.03 Å². The lowest BCUT2D eigenvalue weighted by Gasteiger charge is -2.40. The first-order chi connectivity index (χ1) is 17.4. The second-order valence-electron chi connectivity index (χ2n) is 8.65. The normalized spacial score (nSPS) is 15.6. The molecule has 0 spiro atoms. The van der Waals surface area contributed by atoms with Crippen molar-refractivity contribution in [1.82, 2.24) is 15.1 Å². The van der Waals surface area contributed by atoms with Crippen molar-refractivity contribution in [3.63, 3.8) is 0 Å². The van der Waals surface area contributed by atoms with Crippen molar-refractivity contribution in [1.29, 1.82) is 5.26 Å². The first-order valence-electron chi connectivity index (χ1n) is 11.5. The fourth-order valence-corrected chi connectivity index (χ4v) is 4.63. The first-order valence-corrected chi connectivity index (χ1v) is 11.9. The van der Waals surface area contributed by atoms with Crippen LogP contribution in [0.1, 0.15) is 12.5 Å². The molecular weight excluding hydrogens is 479 g/mol. The molecule has 7 nitrogen and oxygen atoms in total. The number of carbonyl (C=O) groups excluding carboxylic acids is 1. The van der Waals surface area contributed by atoms with Gasteiger partial charge in [-0.3, -0.25) is 0 Å². The molecule has 1 aliphatic heterocycles. The molecule has 0 saturated carbocycles. The van der Waals surface area contributed by atoms with Crippen molar-refractivity contribution in [2.45, 2.75) is 13.0 Å². The number of nitrogens with one attached hydrogen (secondary N) is 1. The van der Waals surface area contributed by atoms with Crippen LogP contribution in [0, 0.1) is 17.1 Å². The molecule has 1 aliphatic rings. The molecule has 0 aliphatic carbocycles. The van der Waals surface area contributed by atoms with E-state index in [-0.39, 0.29) is 17.1 Å². The number of benzene rings is 3. The summed E-state index contributed by atoms with van der Waals surface area (Å²) in [5, 5.41) is 22.9. The Morgan fingerprint density at radius 1 is 1.08 bits per heavy atom. The van der Waals surface area contributed by atoms with Gasteiger partial charge in [0.1, 0.15) is 11.5 Å². The van der Waals surface area contributed by atoms with Crippen molar-refractivity contribution < 1.29 is 9.18 Å². The summed E-state index contributed by atoms with van der Waals surface area (Å²) in [6.45, 7) is 3.58. The maximum atomic E-state index is 13.4. The molecular formula is C27H22ClFN6O. The number of hydrogen-bond donors (Lipinski definition) is 1. The molecule has 0 bridgehead atoms. The number of aromatic nitrogens is 2. The smallest absolute Gasteiger partial charge is 0.321 e. The third kappa shape index (κ3) is 4.53. The van der Waals surface area contributed by atoms with Crippen LogP contribution in [0.2, 0.25) is 5.02 Å². The van der Waals surface area contributed by atoms with Gasteiger partial charge in [-0.1, -0.05) is 48.0 Å². The number of nitrogens with zero attached hydrogens (tertiary/aromatic N) is 5. The second kappa shape index (κ2) is 9.80. The van der Waals surface area contributed by atoms with Gasteiger partial charge in [-0.2, -0.15) is 5.26 Å². The topological polar surface area (TPSA) is 85.2 Å². The van der Waals surface area contributed by atoms with Crippen LogP contribution in [-0.4, -0.2) is 46.8 Å². The van der Waals surface area contributed by atoms with Crippen LogP contribution in [0.25, 0.3) is 22.0 Å². The van der Waals surface area contributed by atoms with Gasteiger partial charge in [0.15, 0.2) is 5.82 Å². The minimum Gasteiger partial charge on any atom is -0.348 e. The molecule has 4 aromatic rings. The lowest BCUT2D eigenvalue weighted by atomic mass is 10.0.